The Morgan fingerprint density at radius 3 is 1.86 bits per heavy atom. The molecule has 0 spiro atoms. The molecule has 4 nitrogen and oxygen atoms in total. The van der Waals surface area contributed by atoms with Gasteiger partial charge in [0.1, 0.15) is 6.04 Å². The van der Waals surface area contributed by atoms with Crippen LogP contribution < -0.4 is 16.1 Å². The van der Waals surface area contributed by atoms with E-state index in [1.807, 2.05) is 19.1 Å². The summed E-state index contributed by atoms with van der Waals surface area (Å²) in [5, 5.41) is 2.43. The SMILES string of the molecule is COC(=O)[C@@H](N)[C@@H](C)CCO[Si](c1ccccc1)(c1ccccc1)C(C)(C)C. The molecule has 0 saturated heterocycles. The lowest BCUT2D eigenvalue weighted by Gasteiger charge is -2.43. The lowest BCUT2D eigenvalue weighted by Crippen LogP contribution is -2.66. The molecule has 0 fully saturated rings. The summed E-state index contributed by atoms with van der Waals surface area (Å²) in [5.74, 6) is -0.399. The van der Waals surface area contributed by atoms with E-state index >= 15 is 0 Å². The molecule has 2 aromatic rings. The second kappa shape index (κ2) is 9.50. The maximum Gasteiger partial charge on any atom is 0.322 e. The van der Waals surface area contributed by atoms with Crippen molar-refractivity contribution in [1.29, 1.82) is 0 Å². The van der Waals surface area contributed by atoms with Crippen LogP contribution in [0.25, 0.3) is 0 Å². The first-order valence-electron chi connectivity index (χ1n) is 9.82. The number of rotatable bonds is 8. The van der Waals surface area contributed by atoms with Gasteiger partial charge in [-0.3, -0.25) is 4.79 Å². The van der Waals surface area contributed by atoms with Gasteiger partial charge in [0.15, 0.2) is 0 Å². The molecule has 0 aromatic heterocycles. The van der Waals surface area contributed by atoms with Crippen LogP contribution in [0.15, 0.2) is 60.7 Å². The van der Waals surface area contributed by atoms with E-state index in [0.717, 1.165) is 0 Å². The van der Waals surface area contributed by atoms with Gasteiger partial charge in [0.05, 0.1) is 7.11 Å². The van der Waals surface area contributed by atoms with Crippen LogP contribution in [-0.4, -0.2) is 34.0 Å². The van der Waals surface area contributed by atoms with Crippen molar-refractivity contribution in [1.82, 2.24) is 0 Å². The maximum absolute atomic E-state index is 11.7. The van der Waals surface area contributed by atoms with Crippen LogP contribution in [0.3, 0.4) is 0 Å². The fraction of sp³-hybridized carbons (Fsp3) is 0.435. The second-order valence-electron chi connectivity index (χ2n) is 8.33. The molecule has 0 aliphatic rings. The Morgan fingerprint density at radius 1 is 1.00 bits per heavy atom. The third kappa shape index (κ3) is 4.72. The fourth-order valence-electron chi connectivity index (χ4n) is 3.71. The molecule has 2 N–H and O–H groups in total. The van der Waals surface area contributed by atoms with Gasteiger partial charge in [-0.15, -0.1) is 0 Å². The van der Waals surface area contributed by atoms with Crippen molar-refractivity contribution in [3.05, 3.63) is 60.7 Å². The lowest BCUT2D eigenvalue weighted by molar-refractivity contribution is -0.143. The van der Waals surface area contributed by atoms with Crippen molar-refractivity contribution >= 4 is 24.7 Å². The minimum absolute atomic E-state index is 0.0225. The smallest absolute Gasteiger partial charge is 0.322 e. The van der Waals surface area contributed by atoms with Gasteiger partial charge in [0, 0.05) is 6.61 Å². The molecule has 2 aromatic carbocycles. The van der Waals surface area contributed by atoms with Gasteiger partial charge < -0.3 is 14.9 Å². The highest BCUT2D eigenvalue weighted by atomic mass is 28.4. The highest BCUT2D eigenvalue weighted by Gasteiger charge is 2.50. The summed E-state index contributed by atoms with van der Waals surface area (Å²) in [6.07, 6.45) is 0.695. The first-order valence-corrected chi connectivity index (χ1v) is 11.7. The predicted molar refractivity (Wildman–Crippen MR) is 117 cm³/mol. The molecular weight excluding hydrogens is 366 g/mol. The van der Waals surface area contributed by atoms with Crippen LogP contribution in [0.1, 0.15) is 34.1 Å². The quantitative estimate of drug-likeness (QED) is 0.547. The molecule has 0 saturated carbocycles. The number of hydrogen-bond donors (Lipinski definition) is 1. The standard InChI is InChI=1S/C23H33NO3Si/c1-18(21(24)22(25)26-5)16-17-27-28(23(2,3)4,19-12-8-6-9-13-19)20-14-10-7-11-15-20/h6-15,18,21H,16-17,24H2,1-5H3/t18-,21-/m0/s1. The molecule has 0 aliphatic heterocycles. The summed E-state index contributed by atoms with van der Waals surface area (Å²) in [4.78, 5) is 11.7. The average molecular weight is 400 g/mol. The van der Waals surface area contributed by atoms with E-state index in [0.29, 0.717) is 13.0 Å². The van der Waals surface area contributed by atoms with Crippen LogP contribution in [-0.2, 0) is 14.0 Å². The minimum Gasteiger partial charge on any atom is -0.468 e. The van der Waals surface area contributed by atoms with E-state index in [9.17, 15) is 4.79 Å². The van der Waals surface area contributed by atoms with Crippen LogP contribution in [0.4, 0.5) is 0 Å². The van der Waals surface area contributed by atoms with Gasteiger partial charge in [0.25, 0.3) is 8.32 Å². The first kappa shape index (κ1) is 22.3. The number of benzene rings is 2. The van der Waals surface area contributed by atoms with Crippen LogP contribution in [0.2, 0.25) is 5.04 Å². The van der Waals surface area contributed by atoms with Crippen molar-refractivity contribution in [2.24, 2.45) is 11.7 Å². The summed E-state index contributed by atoms with van der Waals surface area (Å²) in [7, 11) is -1.17. The molecule has 0 radical (unpaired) electrons. The first-order chi connectivity index (χ1) is 13.2. The van der Waals surface area contributed by atoms with Gasteiger partial charge in [-0.1, -0.05) is 88.4 Å². The summed E-state index contributed by atoms with van der Waals surface area (Å²) in [6.45, 7) is 9.27. The number of nitrogens with two attached hydrogens (primary N) is 1. The van der Waals surface area contributed by atoms with Gasteiger partial charge in [-0.25, -0.2) is 0 Å². The van der Waals surface area contributed by atoms with E-state index in [2.05, 4.69) is 69.3 Å². The van der Waals surface area contributed by atoms with Crippen molar-refractivity contribution in [3.63, 3.8) is 0 Å². The fourth-order valence-corrected chi connectivity index (χ4v) is 8.29. The van der Waals surface area contributed by atoms with Gasteiger partial charge >= 0.3 is 5.97 Å². The molecule has 2 rings (SSSR count). The molecule has 2 atom stereocenters. The molecule has 0 amide bonds. The highest BCUT2D eigenvalue weighted by Crippen LogP contribution is 2.36. The summed E-state index contributed by atoms with van der Waals surface area (Å²) in [6, 6.07) is 20.4. The maximum atomic E-state index is 11.7. The summed E-state index contributed by atoms with van der Waals surface area (Å²) < 4.78 is 11.6. The van der Waals surface area contributed by atoms with E-state index in [-0.39, 0.29) is 16.9 Å². The number of ether oxygens (including phenoxy) is 1. The van der Waals surface area contributed by atoms with Gasteiger partial charge in [-0.2, -0.15) is 0 Å². The van der Waals surface area contributed by atoms with Gasteiger partial charge in [-0.05, 0) is 27.8 Å². The molecule has 5 heteroatoms. The highest BCUT2D eigenvalue weighted by molar-refractivity contribution is 6.99. The molecule has 0 unspecified atom stereocenters. The molecule has 152 valence electrons. The molecule has 28 heavy (non-hydrogen) atoms. The van der Waals surface area contributed by atoms with Crippen LogP contribution in [0.5, 0.6) is 0 Å². The zero-order valence-electron chi connectivity index (χ0n) is 17.6. The predicted octanol–water partition coefficient (Wildman–Crippen LogP) is 3.09. The Labute approximate surface area is 170 Å². The molecule has 0 bridgehead atoms. The number of carbonyl (C=O) groups is 1. The third-order valence-corrected chi connectivity index (χ3v) is 10.4. The van der Waals surface area contributed by atoms with E-state index in [4.69, 9.17) is 14.9 Å². The summed E-state index contributed by atoms with van der Waals surface area (Å²) in [5.41, 5.74) is 6.01. The normalized spacial score (nSPS) is 14.4. The lowest BCUT2D eigenvalue weighted by atomic mass is 10.00. The van der Waals surface area contributed by atoms with E-state index < -0.39 is 14.4 Å². The molecule has 0 heterocycles. The van der Waals surface area contributed by atoms with Crippen LogP contribution in [0, 0.1) is 5.92 Å². The number of esters is 1. The largest absolute Gasteiger partial charge is 0.468 e. The Hall–Kier alpha value is -1.95. The number of hydrogen-bond acceptors (Lipinski definition) is 4. The van der Waals surface area contributed by atoms with E-state index in [1.165, 1.54) is 17.5 Å². The topological polar surface area (TPSA) is 61.5 Å². The van der Waals surface area contributed by atoms with Crippen molar-refractivity contribution in [3.8, 4) is 0 Å². The second-order valence-corrected chi connectivity index (χ2v) is 12.6. The number of methoxy groups -OCH3 is 1. The molecular formula is C23H33NO3Si. The van der Waals surface area contributed by atoms with Crippen molar-refractivity contribution < 1.29 is 14.0 Å². The minimum atomic E-state index is -2.54. The van der Waals surface area contributed by atoms with Crippen molar-refractivity contribution in [2.45, 2.75) is 45.2 Å². The molecule has 0 aliphatic carbocycles. The third-order valence-electron chi connectivity index (χ3n) is 5.39. The Kier molecular flexibility index (Phi) is 7.58. The average Bonchev–Trinajstić information content (AvgIpc) is 2.70. The van der Waals surface area contributed by atoms with E-state index in [1.54, 1.807) is 0 Å². The number of carbonyl (C=O) groups excluding carboxylic acids is 1. The zero-order chi connectivity index (χ0) is 20.8. The van der Waals surface area contributed by atoms with Gasteiger partial charge in [0.2, 0.25) is 0 Å². The Balaban J connectivity index is 2.36. The van der Waals surface area contributed by atoms with Crippen molar-refractivity contribution in [2.75, 3.05) is 13.7 Å². The Bertz CT molecular complexity index is 704. The van der Waals surface area contributed by atoms with Crippen LogP contribution >= 0.6 is 0 Å². The zero-order valence-corrected chi connectivity index (χ0v) is 18.6. The Morgan fingerprint density at radius 2 is 1.46 bits per heavy atom. The monoisotopic (exact) mass is 399 g/mol. The summed E-state index contributed by atoms with van der Waals surface area (Å²) >= 11 is 0.